The maximum atomic E-state index is 11.1. The number of urea groups is 1. The van der Waals surface area contributed by atoms with Crippen LogP contribution in [-0.2, 0) is 0 Å². The van der Waals surface area contributed by atoms with Crippen molar-refractivity contribution in [3.8, 4) is 0 Å². The van der Waals surface area contributed by atoms with Crippen LogP contribution in [0.25, 0.3) is 0 Å². The number of hydrogen-bond acceptors (Lipinski definition) is 2. The van der Waals surface area contributed by atoms with Crippen molar-refractivity contribution in [2.24, 2.45) is 0 Å². The van der Waals surface area contributed by atoms with Crippen molar-refractivity contribution in [2.75, 3.05) is 19.8 Å². The van der Waals surface area contributed by atoms with Gasteiger partial charge < -0.3 is 10.2 Å². The van der Waals surface area contributed by atoms with E-state index in [0.717, 1.165) is 26.2 Å². The molecule has 10 heavy (non-hydrogen) atoms. The van der Waals surface area contributed by atoms with Gasteiger partial charge >= 0.3 is 6.03 Å². The molecule has 1 atom stereocenters. The molecule has 0 radical (unpaired) electrons. The van der Waals surface area contributed by atoms with Gasteiger partial charge in [-0.25, -0.2) is 4.79 Å². The third-order valence-corrected chi connectivity index (χ3v) is 2.12. The van der Waals surface area contributed by atoms with Gasteiger partial charge in [-0.2, -0.15) is 0 Å². The first-order valence-electron chi connectivity index (χ1n) is 3.63. The highest BCUT2D eigenvalue weighted by Gasteiger charge is 2.30. The van der Waals surface area contributed by atoms with E-state index in [4.69, 9.17) is 0 Å². The van der Waals surface area contributed by atoms with Crippen LogP contribution in [0.15, 0.2) is 0 Å². The maximum absolute atomic E-state index is 11.1. The van der Waals surface area contributed by atoms with E-state index < -0.39 is 0 Å². The number of carbonyl (C=O) groups excluding carboxylic acids is 1. The van der Waals surface area contributed by atoms with Crippen molar-refractivity contribution in [3.05, 3.63) is 0 Å². The minimum Gasteiger partial charge on any atom is -0.338 e. The van der Waals surface area contributed by atoms with Crippen LogP contribution in [-0.4, -0.2) is 36.7 Å². The minimum atomic E-state index is 0.0845. The van der Waals surface area contributed by atoms with Gasteiger partial charge in [-0.3, -0.25) is 5.32 Å². The number of hydrogen-bond donors (Lipinski definition) is 2. The summed E-state index contributed by atoms with van der Waals surface area (Å²) in [4.78, 5) is 12.9. The molecule has 2 fully saturated rings. The second-order valence-electron chi connectivity index (χ2n) is 2.76. The summed E-state index contributed by atoms with van der Waals surface area (Å²) in [6.07, 6.45) is 1.08. The summed E-state index contributed by atoms with van der Waals surface area (Å²) in [5.41, 5.74) is 0. The van der Waals surface area contributed by atoms with Gasteiger partial charge in [-0.05, 0) is 6.42 Å². The molecular formula is C6H11N3O. The fourth-order valence-corrected chi connectivity index (χ4v) is 1.53. The molecule has 0 aromatic rings. The molecule has 1 unspecified atom stereocenters. The Balaban J connectivity index is 2.10. The van der Waals surface area contributed by atoms with Crippen molar-refractivity contribution in [2.45, 2.75) is 12.5 Å². The van der Waals surface area contributed by atoms with E-state index in [1.54, 1.807) is 0 Å². The summed E-state index contributed by atoms with van der Waals surface area (Å²) in [7, 11) is 0. The molecule has 2 aliphatic heterocycles. The Hall–Kier alpha value is -0.770. The summed E-state index contributed by atoms with van der Waals surface area (Å²) in [6, 6.07) is 0.537. The van der Waals surface area contributed by atoms with Crippen LogP contribution in [0.5, 0.6) is 0 Å². The summed E-state index contributed by atoms with van der Waals surface area (Å²) in [5.74, 6) is 0. The standard InChI is InChI=1S/C6H11N3O/c10-6-8-2-1-5-3-7-4-9(5)6/h5,7H,1-4H2,(H,8,10). The molecule has 0 bridgehead atoms. The summed E-state index contributed by atoms with van der Waals surface area (Å²) < 4.78 is 0. The largest absolute Gasteiger partial charge is 0.338 e. The van der Waals surface area contributed by atoms with Gasteiger partial charge in [-0.1, -0.05) is 0 Å². The minimum absolute atomic E-state index is 0.0845. The zero-order chi connectivity index (χ0) is 6.97. The van der Waals surface area contributed by atoms with Crippen LogP contribution in [0.2, 0.25) is 0 Å². The van der Waals surface area contributed by atoms with Crippen molar-refractivity contribution >= 4 is 6.03 Å². The zero-order valence-corrected chi connectivity index (χ0v) is 5.76. The van der Waals surface area contributed by atoms with E-state index in [0.29, 0.717) is 6.04 Å². The molecule has 56 valence electrons. The smallest absolute Gasteiger partial charge is 0.318 e. The molecule has 2 saturated heterocycles. The molecule has 0 spiro atoms. The van der Waals surface area contributed by atoms with Gasteiger partial charge in [0.15, 0.2) is 0 Å². The molecule has 2 N–H and O–H groups in total. The third-order valence-electron chi connectivity index (χ3n) is 2.12. The first-order valence-corrected chi connectivity index (χ1v) is 3.63. The quantitative estimate of drug-likeness (QED) is 0.470. The molecule has 2 heterocycles. The summed E-state index contributed by atoms with van der Waals surface area (Å²) in [6.45, 7) is 2.52. The van der Waals surface area contributed by atoms with Crippen molar-refractivity contribution in [1.82, 2.24) is 15.5 Å². The Bertz CT molecular complexity index is 159. The van der Waals surface area contributed by atoms with E-state index in [-0.39, 0.29) is 6.03 Å². The molecule has 2 rings (SSSR count). The van der Waals surface area contributed by atoms with Crippen LogP contribution in [0, 0.1) is 0 Å². The zero-order valence-electron chi connectivity index (χ0n) is 5.76. The van der Waals surface area contributed by atoms with Gasteiger partial charge in [0.2, 0.25) is 0 Å². The SMILES string of the molecule is O=C1NCCC2CNCN12. The van der Waals surface area contributed by atoms with Gasteiger partial charge in [-0.15, -0.1) is 0 Å². The third kappa shape index (κ3) is 0.759. The lowest BCUT2D eigenvalue weighted by Gasteiger charge is -2.28. The molecular weight excluding hydrogens is 130 g/mol. The molecule has 4 nitrogen and oxygen atoms in total. The maximum Gasteiger partial charge on any atom is 0.318 e. The summed E-state index contributed by atoms with van der Waals surface area (Å²) in [5, 5.41) is 5.96. The van der Waals surface area contributed by atoms with E-state index in [1.807, 2.05) is 4.90 Å². The average molecular weight is 141 g/mol. The van der Waals surface area contributed by atoms with Crippen LogP contribution in [0.4, 0.5) is 4.79 Å². The second-order valence-corrected chi connectivity index (χ2v) is 2.76. The van der Waals surface area contributed by atoms with Crippen molar-refractivity contribution < 1.29 is 4.79 Å². The Labute approximate surface area is 59.6 Å². The second kappa shape index (κ2) is 2.12. The number of nitrogens with zero attached hydrogens (tertiary/aromatic N) is 1. The van der Waals surface area contributed by atoms with Crippen molar-refractivity contribution in [3.63, 3.8) is 0 Å². The highest BCUT2D eigenvalue weighted by Crippen LogP contribution is 2.11. The highest BCUT2D eigenvalue weighted by atomic mass is 16.2. The Morgan fingerprint density at radius 1 is 1.60 bits per heavy atom. The topological polar surface area (TPSA) is 44.4 Å². The lowest BCUT2D eigenvalue weighted by molar-refractivity contribution is 0.177. The Morgan fingerprint density at radius 3 is 3.30 bits per heavy atom. The molecule has 2 aliphatic rings. The van der Waals surface area contributed by atoms with Crippen LogP contribution in [0.3, 0.4) is 0 Å². The van der Waals surface area contributed by atoms with E-state index in [1.165, 1.54) is 0 Å². The van der Waals surface area contributed by atoms with Crippen LogP contribution in [0.1, 0.15) is 6.42 Å². The number of carbonyl (C=O) groups is 1. The summed E-state index contributed by atoms with van der Waals surface area (Å²) >= 11 is 0. The normalized spacial score (nSPS) is 31.8. The number of rotatable bonds is 0. The van der Waals surface area contributed by atoms with E-state index in [2.05, 4.69) is 10.6 Å². The van der Waals surface area contributed by atoms with Gasteiger partial charge in [0.1, 0.15) is 0 Å². The lowest BCUT2D eigenvalue weighted by atomic mass is 10.2. The lowest BCUT2D eigenvalue weighted by Crippen LogP contribution is -2.49. The predicted molar refractivity (Wildman–Crippen MR) is 36.5 cm³/mol. The van der Waals surface area contributed by atoms with Crippen LogP contribution < -0.4 is 10.6 Å². The van der Waals surface area contributed by atoms with Crippen LogP contribution >= 0.6 is 0 Å². The van der Waals surface area contributed by atoms with Gasteiger partial charge in [0.05, 0.1) is 6.67 Å². The monoisotopic (exact) mass is 141 g/mol. The molecule has 4 heteroatoms. The van der Waals surface area contributed by atoms with E-state index in [9.17, 15) is 4.79 Å². The highest BCUT2D eigenvalue weighted by molar-refractivity contribution is 5.75. The Morgan fingerprint density at radius 2 is 2.50 bits per heavy atom. The molecule has 0 aromatic carbocycles. The van der Waals surface area contributed by atoms with Crippen molar-refractivity contribution in [1.29, 1.82) is 0 Å². The Kier molecular flexibility index (Phi) is 1.27. The number of amides is 2. The predicted octanol–water partition coefficient (Wildman–Crippen LogP) is -0.669. The molecule has 2 amide bonds. The van der Waals surface area contributed by atoms with Gasteiger partial charge in [0.25, 0.3) is 0 Å². The fraction of sp³-hybridized carbons (Fsp3) is 0.833. The molecule has 0 saturated carbocycles. The molecule has 0 aliphatic carbocycles. The number of fused-ring (bicyclic) bond motifs is 1. The molecule has 0 aromatic heterocycles. The first kappa shape index (κ1) is 5.97. The fourth-order valence-electron chi connectivity index (χ4n) is 1.53. The number of nitrogens with one attached hydrogen (secondary N) is 2. The first-order chi connectivity index (χ1) is 4.88. The van der Waals surface area contributed by atoms with Gasteiger partial charge in [0, 0.05) is 19.1 Å². The van der Waals surface area contributed by atoms with E-state index >= 15 is 0 Å². The average Bonchev–Trinajstić information content (AvgIpc) is 2.36.